The first-order valence-corrected chi connectivity index (χ1v) is 8.67. The van der Waals surface area contributed by atoms with Crippen LogP contribution in [0.2, 0.25) is 0 Å². The molecular weight excluding hydrogens is 316 g/mol. The molecule has 1 fully saturated rings. The molecule has 3 rings (SSSR count). The van der Waals surface area contributed by atoms with Crippen LogP contribution in [0, 0.1) is 11.8 Å². The summed E-state index contributed by atoms with van der Waals surface area (Å²) < 4.78 is 1.54. The molecule has 1 aromatic heterocycles. The maximum Gasteiger partial charge on any atom is 0.347 e. The molecule has 1 saturated heterocycles. The second-order valence-electron chi connectivity index (χ2n) is 7.01. The van der Waals surface area contributed by atoms with Gasteiger partial charge in [0.25, 0.3) is 0 Å². The molecule has 1 N–H and O–H groups in total. The molecule has 25 heavy (non-hydrogen) atoms. The molecule has 2 amide bonds. The number of carbonyl (C=O) groups excluding carboxylic acids is 1. The van der Waals surface area contributed by atoms with E-state index in [-0.39, 0.29) is 11.7 Å². The maximum absolute atomic E-state index is 12.5. The third-order valence-corrected chi connectivity index (χ3v) is 4.47. The van der Waals surface area contributed by atoms with Crippen molar-refractivity contribution >= 4 is 11.7 Å². The quantitative estimate of drug-likeness (QED) is 0.934. The van der Waals surface area contributed by atoms with E-state index in [4.69, 9.17) is 0 Å². The van der Waals surface area contributed by atoms with Gasteiger partial charge in [0.2, 0.25) is 0 Å². The second-order valence-corrected chi connectivity index (χ2v) is 7.01. The van der Waals surface area contributed by atoms with Crippen molar-refractivity contribution in [3.63, 3.8) is 0 Å². The van der Waals surface area contributed by atoms with Crippen LogP contribution in [0.1, 0.15) is 25.8 Å². The normalized spacial score (nSPS) is 20.3. The van der Waals surface area contributed by atoms with Crippen LogP contribution >= 0.6 is 0 Å². The van der Waals surface area contributed by atoms with Gasteiger partial charge in [-0.1, -0.05) is 26.0 Å². The lowest BCUT2D eigenvalue weighted by Gasteiger charge is -2.34. The zero-order valence-corrected chi connectivity index (χ0v) is 14.7. The summed E-state index contributed by atoms with van der Waals surface area (Å²) >= 11 is 0. The van der Waals surface area contributed by atoms with Gasteiger partial charge in [0, 0.05) is 31.2 Å². The van der Waals surface area contributed by atoms with Gasteiger partial charge in [-0.05, 0) is 42.0 Å². The molecule has 6 heteroatoms. The highest BCUT2D eigenvalue weighted by Crippen LogP contribution is 2.22. The fraction of sp³-hybridized carbons (Fsp3) is 0.421. The van der Waals surface area contributed by atoms with E-state index >= 15 is 0 Å². The Kier molecular flexibility index (Phi) is 5.16. The zero-order valence-electron chi connectivity index (χ0n) is 14.7. The van der Waals surface area contributed by atoms with Crippen LogP contribution in [0.15, 0.2) is 47.5 Å². The summed E-state index contributed by atoms with van der Waals surface area (Å²) in [5.74, 6) is 1.05. The molecule has 0 spiro atoms. The van der Waals surface area contributed by atoms with Crippen LogP contribution in [-0.2, 0) is 6.54 Å². The first kappa shape index (κ1) is 17.2. The Bertz CT molecular complexity index is 792. The van der Waals surface area contributed by atoms with Crippen molar-refractivity contribution in [3.05, 3.63) is 58.8 Å². The Morgan fingerprint density at radius 3 is 2.72 bits per heavy atom. The SMILES string of the molecule is C[C@H]1C[C@H](C)CN(C(=O)Nc2cccc(Cn3cccnc3=O)c2)C1. The first-order chi connectivity index (χ1) is 12.0. The Morgan fingerprint density at radius 1 is 1.24 bits per heavy atom. The summed E-state index contributed by atoms with van der Waals surface area (Å²) in [6, 6.07) is 9.24. The predicted octanol–water partition coefficient (Wildman–Crippen LogP) is 2.80. The minimum atomic E-state index is -0.284. The van der Waals surface area contributed by atoms with Crippen molar-refractivity contribution in [1.82, 2.24) is 14.5 Å². The Balaban J connectivity index is 1.68. The molecule has 2 atom stereocenters. The second kappa shape index (κ2) is 7.51. The van der Waals surface area contributed by atoms with Gasteiger partial charge in [-0.15, -0.1) is 0 Å². The van der Waals surface area contributed by atoms with Gasteiger partial charge in [-0.25, -0.2) is 14.6 Å². The molecule has 0 unspecified atom stereocenters. The van der Waals surface area contributed by atoms with Crippen molar-refractivity contribution in [3.8, 4) is 0 Å². The van der Waals surface area contributed by atoms with E-state index in [9.17, 15) is 9.59 Å². The number of hydrogen-bond donors (Lipinski definition) is 1. The predicted molar refractivity (Wildman–Crippen MR) is 97.6 cm³/mol. The number of rotatable bonds is 3. The van der Waals surface area contributed by atoms with Crippen LogP contribution in [0.3, 0.4) is 0 Å². The highest BCUT2D eigenvalue weighted by Gasteiger charge is 2.25. The lowest BCUT2D eigenvalue weighted by Crippen LogP contribution is -2.44. The standard InChI is InChI=1S/C19H24N4O2/c1-14-9-15(2)12-23(11-14)19(25)21-17-6-3-5-16(10-17)13-22-8-4-7-20-18(22)24/h3-8,10,14-15H,9,11-13H2,1-2H3,(H,21,25)/t14-,15-/m0/s1. The van der Waals surface area contributed by atoms with Crippen molar-refractivity contribution in [1.29, 1.82) is 0 Å². The van der Waals surface area contributed by atoms with Crippen LogP contribution in [0.4, 0.5) is 10.5 Å². The molecular formula is C19H24N4O2. The average molecular weight is 340 g/mol. The van der Waals surface area contributed by atoms with E-state index in [1.54, 1.807) is 12.3 Å². The van der Waals surface area contributed by atoms with Crippen LogP contribution in [-0.4, -0.2) is 33.6 Å². The van der Waals surface area contributed by atoms with Gasteiger partial charge in [-0.3, -0.25) is 4.57 Å². The average Bonchev–Trinajstić information content (AvgIpc) is 2.56. The number of hydrogen-bond acceptors (Lipinski definition) is 3. The number of amides is 2. The molecule has 6 nitrogen and oxygen atoms in total. The van der Waals surface area contributed by atoms with E-state index in [0.717, 1.165) is 24.3 Å². The van der Waals surface area contributed by atoms with Crippen LogP contribution in [0.5, 0.6) is 0 Å². The monoisotopic (exact) mass is 340 g/mol. The fourth-order valence-electron chi connectivity index (χ4n) is 3.48. The summed E-state index contributed by atoms with van der Waals surface area (Å²) in [7, 11) is 0. The van der Waals surface area contributed by atoms with E-state index in [1.807, 2.05) is 29.2 Å². The molecule has 1 aliphatic rings. The van der Waals surface area contributed by atoms with Crippen molar-refractivity contribution in [2.75, 3.05) is 18.4 Å². The number of piperidine rings is 1. The van der Waals surface area contributed by atoms with Gasteiger partial charge in [0.05, 0.1) is 6.54 Å². The first-order valence-electron chi connectivity index (χ1n) is 8.67. The van der Waals surface area contributed by atoms with E-state index in [1.165, 1.54) is 17.2 Å². The molecule has 0 radical (unpaired) electrons. The van der Waals surface area contributed by atoms with Crippen LogP contribution < -0.4 is 11.0 Å². The number of carbonyl (C=O) groups is 1. The zero-order chi connectivity index (χ0) is 17.8. The van der Waals surface area contributed by atoms with E-state index in [2.05, 4.69) is 24.1 Å². The number of urea groups is 1. The number of anilines is 1. The molecule has 1 aliphatic heterocycles. The highest BCUT2D eigenvalue weighted by molar-refractivity contribution is 5.89. The molecule has 132 valence electrons. The largest absolute Gasteiger partial charge is 0.347 e. The smallest absolute Gasteiger partial charge is 0.324 e. The number of nitrogens with zero attached hydrogens (tertiary/aromatic N) is 3. The Hall–Kier alpha value is -2.63. The lowest BCUT2D eigenvalue weighted by molar-refractivity contribution is 0.156. The minimum Gasteiger partial charge on any atom is -0.324 e. The van der Waals surface area contributed by atoms with Crippen molar-refractivity contribution in [2.24, 2.45) is 11.8 Å². The van der Waals surface area contributed by atoms with Gasteiger partial charge >= 0.3 is 11.7 Å². The summed E-state index contributed by atoms with van der Waals surface area (Å²) in [5.41, 5.74) is 1.40. The molecule has 1 aromatic carbocycles. The molecule has 2 heterocycles. The van der Waals surface area contributed by atoms with Crippen molar-refractivity contribution < 1.29 is 4.79 Å². The van der Waals surface area contributed by atoms with E-state index in [0.29, 0.717) is 18.4 Å². The summed E-state index contributed by atoms with van der Waals surface area (Å²) in [6.45, 7) is 6.38. The number of likely N-dealkylation sites (tertiary alicyclic amines) is 1. The summed E-state index contributed by atoms with van der Waals surface area (Å²) in [4.78, 5) is 29.9. The topological polar surface area (TPSA) is 67.2 Å². The van der Waals surface area contributed by atoms with Gasteiger partial charge in [0.1, 0.15) is 0 Å². The maximum atomic E-state index is 12.5. The summed E-state index contributed by atoms with van der Waals surface area (Å²) in [6.07, 6.45) is 4.35. The lowest BCUT2D eigenvalue weighted by atomic mass is 9.92. The minimum absolute atomic E-state index is 0.0610. The fourth-order valence-corrected chi connectivity index (χ4v) is 3.48. The number of nitrogens with one attached hydrogen (secondary N) is 1. The molecule has 0 saturated carbocycles. The van der Waals surface area contributed by atoms with Crippen LogP contribution in [0.25, 0.3) is 0 Å². The van der Waals surface area contributed by atoms with Crippen molar-refractivity contribution in [2.45, 2.75) is 26.8 Å². The molecule has 0 aliphatic carbocycles. The Morgan fingerprint density at radius 2 is 2.00 bits per heavy atom. The highest BCUT2D eigenvalue weighted by atomic mass is 16.2. The third-order valence-electron chi connectivity index (χ3n) is 4.47. The number of benzene rings is 1. The van der Waals surface area contributed by atoms with Gasteiger partial charge in [0.15, 0.2) is 0 Å². The van der Waals surface area contributed by atoms with Gasteiger partial charge < -0.3 is 10.2 Å². The summed E-state index contributed by atoms with van der Waals surface area (Å²) in [5, 5.41) is 2.98. The number of aromatic nitrogens is 2. The molecule has 0 bridgehead atoms. The molecule has 2 aromatic rings. The third kappa shape index (κ3) is 4.47. The van der Waals surface area contributed by atoms with Gasteiger partial charge in [-0.2, -0.15) is 0 Å². The Labute approximate surface area is 147 Å². The van der Waals surface area contributed by atoms with E-state index < -0.39 is 0 Å².